The van der Waals surface area contributed by atoms with Crippen LogP contribution < -0.4 is 15.4 Å². The first-order valence-corrected chi connectivity index (χ1v) is 10.3. The molecule has 29 heavy (non-hydrogen) atoms. The molecule has 0 radical (unpaired) electrons. The highest BCUT2D eigenvalue weighted by molar-refractivity contribution is 6.30. The lowest BCUT2D eigenvalue weighted by Gasteiger charge is -2.37. The van der Waals surface area contributed by atoms with Gasteiger partial charge in [0.15, 0.2) is 0 Å². The minimum absolute atomic E-state index is 0.0189. The second kappa shape index (κ2) is 8.74. The number of anilines is 1. The van der Waals surface area contributed by atoms with Gasteiger partial charge in [0.2, 0.25) is 0 Å². The highest BCUT2D eigenvalue weighted by atomic mass is 35.5. The number of urea groups is 1. The molecule has 1 saturated heterocycles. The first-order valence-electron chi connectivity index (χ1n) is 9.97. The van der Waals surface area contributed by atoms with E-state index in [0.717, 1.165) is 37.8 Å². The van der Waals surface area contributed by atoms with Gasteiger partial charge in [-0.15, -0.1) is 0 Å². The molecule has 2 N–H and O–H groups in total. The predicted octanol–water partition coefficient (Wildman–Crippen LogP) is 4.44. The third-order valence-electron chi connectivity index (χ3n) is 5.43. The van der Waals surface area contributed by atoms with Crippen molar-refractivity contribution in [2.75, 3.05) is 18.5 Å². The number of piperidine rings is 1. The number of amides is 3. The molecule has 0 spiro atoms. The fraction of sp³-hybridized carbons (Fsp3) is 0.364. The van der Waals surface area contributed by atoms with Crippen LogP contribution in [0.15, 0.2) is 42.5 Å². The molecule has 6 nitrogen and oxygen atoms in total. The molecule has 2 aromatic rings. The zero-order chi connectivity index (χ0) is 20.2. The summed E-state index contributed by atoms with van der Waals surface area (Å²) in [6, 6.07) is 12.4. The molecule has 1 atom stereocenters. The van der Waals surface area contributed by atoms with E-state index in [1.165, 1.54) is 0 Å². The summed E-state index contributed by atoms with van der Waals surface area (Å²) in [5.41, 5.74) is 2.01. The highest BCUT2D eigenvalue weighted by Gasteiger charge is 2.31. The number of benzene rings is 2. The van der Waals surface area contributed by atoms with Crippen LogP contribution in [0.5, 0.6) is 5.75 Å². The zero-order valence-electron chi connectivity index (χ0n) is 16.1. The quantitative estimate of drug-likeness (QED) is 0.781. The molecule has 0 saturated carbocycles. The summed E-state index contributed by atoms with van der Waals surface area (Å²) in [4.78, 5) is 27.4. The molecule has 0 aliphatic carbocycles. The molecule has 2 aliphatic heterocycles. The molecule has 1 unspecified atom stereocenters. The van der Waals surface area contributed by atoms with Gasteiger partial charge < -0.3 is 20.3 Å². The Morgan fingerprint density at radius 2 is 1.97 bits per heavy atom. The molecule has 2 heterocycles. The van der Waals surface area contributed by atoms with Gasteiger partial charge in [0.05, 0.1) is 12.2 Å². The Kier molecular flexibility index (Phi) is 5.90. The van der Waals surface area contributed by atoms with Gasteiger partial charge in [-0.3, -0.25) is 4.79 Å². The summed E-state index contributed by atoms with van der Waals surface area (Å²) in [6.45, 7) is 1.75. The zero-order valence-corrected chi connectivity index (χ0v) is 16.9. The van der Waals surface area contributed by atoms with Crippen LogP contribution in [0, 0.1) is 0 Å². The number of ether oxygens (including phenoxy) is 1. The molecular weight excluding hydrogens is 390 g/mol. The molecule has 3 amide bonds. The number of hydrogen-bond donors (Lipinski definition) is 2. The first kappa shape index (κ1) is 19.6. The third-order valence-corrected chi connectivity index (χ3v) is 5.68. The van der Waals surface area contributed by atoms with Crippen molar-refractivity contribution in [3.63, 3.8) is 0 Å². The summed E-state index contributed by atoms with van der Waals surface area (Å²) in [7, 11) is 0. The Balaban J connectivity index is 1.44. The Morgan fingerprint density at radius 3 is 2.79 bits per heavy atom. The van der Waals surface area contributed by atoms with Crippen molar-refractivity contribution < 1.29 is 14.3 Å². The largest absolute Gasteiger partial charge is 0.493 e. The van der Waals surface area contributed by atoms with Gasteiger partial charge in [0, 0.05) is 36.3 Å². The maximum atomic E-state index is 13.1. The van der Waals surface area contributed by atoms with E-state index in [1.807, 2.05) is 17.0 Å². The Hall–Kier alpha value is -2.73. The number of carbonyl (C=O) groups excluding carboxylic acids is 2. The van der Waals surface area contributed by atoms with Crippen LogP contribution >= 0.6 is 11.6 Å². The van der Waals surface area contributed by atoms with E-state index in [2.05, 4.69) is 10.6 Å². The van der Waals surface area contributed by atoms with Gasteiger partial charge >= 0.3 is 6.03 Å². The molecule has 7 heteroatoms. The smallest absolute Gasteiger partial charge is 0.319 e. The second-order valence-corrected chi connectivity index (χ2v) is 7.87. The van der Waals surface area contributed by atoms with Gasteiger partial charge in [0.25, 0.3) is 5.91 Å². The van der Waals surface area contributed by atoms with Crippen molar-refractivity contribution in [1.29, 1.82) is 0 Å². The lowest BCUT2D eigenvalue weighted by Crippen LogP contribution is -2.45. The van der Waals surface area contributed by atoms with Crippen molar-refractivity contribution in [2.24, 2.45) is 0 Å². The fourth-order valence-corrected chi connectivity index (χ4v) is 4.01. The second-order valence-electron chi connectivity index (χ2n) is 7.43. The molecule has 0 aromatic heterocycles. The summed E-state index contributed by atoms with van der Waals surface area (Å²) in [5.74, 6) is 0.556. The van der Waals surface area contributed by atoms with E-state index >= 15 is 0 Å². The standard InChI is InChI=1S/C22H24ClN3O3/c23-16-6-4-15(5-7-16)14-24-22(28)25-17-8-9-20-19(13-17)21(27)26-11-2-1-3-18(26)10-12-29-20/h4-9,13,18H,1-3,10-12,14H2,(H2,24,25,28). The average molecular weight is 414 g/mol. The minimum Gasteiger partial charge on any atom is -0.493 e. The maximum absolute atomic E-state index is 13.1. The van der Waals surface area contributed by atoms with E-state index in [9.17, 15) is 9.59 Å². The summed E-state index contributed by atoms with van der Waals surface area (Å²) in [5, 5.41) is 6.26. The minimum atomic E-state index is -0.338. The lowest BCUT2D eigenvalue weighted by molar-refractivity contribution is 0.0548. The normalized spacial score (nSPS) is 18.6. The van der Waals surface area contributed by atoms with Crippen molar-refractivity contribution in [2.45, 2.75) is 38.3 Å². The van der Waals surface area contributed by atoms with Crippen LogP contribution in [-0.4, -0.2) is 36.0 Å². The van der Waals surface area contributed by atoms with Crippen LogP contribution in [0.3, 0.4) is 0 Å². The van der Waals surface area contributed by atoms with E-state index in [-0.39, 0.29) is 18.0 Å². The lowest BCUT2D eigenvalue weighted by atomic mass is 9.97. The van der Waals surface area contributed by atoms with Gasteiger partial charge in [0.1, 0.15) is 5.75 Å². The van der Waals surface area contributed by atoms with Crippen molar-refractivity contribution in [3.05, 3.63) is 58.6 Å². The summed E-state index contributed by atoms with van der Waals surface area (Å²) in [6.07, 6.45) is 4.06. The topological polar surface area (TPSA) is 70.7 Å². The number of hydrogen-bond acceptors (Lipinski definition) is 3. The number of fused-ring (bicyclic) bond motifs is 2. The summed E-state index contributed by atoms with van der Waals surface area (Å²) >= 11 is 5.88. The Morgan fingerprint density at radius 1 is 1.14 bits per heavy atom. The van der Waals surface area contributed by atoms with Crippen molar-refractivity contribution in [1.82, 2.24) is 10.2 Å². The van der Waals surface area contributed by atoms with Gasteiger partial charge in [-0.05, 0) is 55.2 Å². The highest BCUT2D eigenvalue weighted by Crippen LogP contribution is 2.30. The van der Waals surface area contributed by atoms with E-state index < -0.39 is 0 Å². The molecule has 1 fully saturated rings. The number of halogens is 1. The fourth-order valence-electron chi connectivity index (χ4n) is 3.89. The molecule has 152 valence electrons. The monoisotopic (exact) mass is 413 g/mol. The van der Waals surface area contributed by atoms with Gasteiger partial charge in [-0.25, -0.2) is 4.79 Å². The number of carbonyl (C=O) groups is 2. The summed E-state index contributed by atoms with van der Waals surface area (Å²) < 4.78 is 5.84. The molecule has 2 aromatic carbocycles. The van der Waals surface area contributed by atoms with E-state index in [1.54, 1.807) is 30.3 Å². The van der Waals surface area contributed by atoms with Crippen LogP contribution in [0.4, 0.5) is 10.5 Å². The first-order chi connectivity index (χ1) is 14.1. The molecule has 0 bridgehead atoms. The molecule has 4 rings (SSSR count). The van der Waals surface area contributed by atoms with E-state index in [0.29, 0.717) is 35.2 Å². The number of nitrogens with one attached hydrogen (secondary N) is 2. The van der Waals surface area contributed by atoms with Crippen molar-refractivity contribution in [3.8, 4) is 5.75 Å². The Labute approximate surface area is 175 Å². The van der Waals surface area contributed by atoms with Crippen LogP contribution in [0.1, 0.15) is 41.6 Å². The maximum Gasteiger partial charge on any atom is 0.319 e. The third kappa shape index (κ3) is 4.65. The molecular formula is C22H24ClN3O3. The van der Waals surface area contributed by atoms with Crippen LogP contribution in [0.2, 0.25) is 5.02 Å². The average Bonchev–Trinajstić information content (AvgIpc) is 2.73. The Bertz CT molecular complexity index is 901. The van der Waals surface area contributed by atoms with Crippen LogP contribution in [-0.2, 0) is 6.54 Å². The van der Waals surface area contributed by atoms with E-state index in [4.69, 9.17) is 16.3 Å². The van der Waals surface area contributed by atoms with Gasteiger partial charge in [-0.2, -0.15) is 0 Å². The SMILES string of the molecule is O=C(NCc1ccc(Cl)cc1)Nc1ccc2c(c1)C(=O)N1CCCCC1CCO2. The number of nitrogens with zero attached hydrogens (tertiary/aromatic N) is 1. The predicted molar refractivity (Wildman–Crippen MR) is 113 cm³/mol. The molecule has 2 aliphatic rings. The van der Waals surface area contributed by atoms with Crippen molar-refractivity contribution >= 4 is 29.2 Å². The van der Waals surface area contributed by atoms with Gasteiger partial charge in [-0.1, -0.05) is 23.7 Å². The van der Waals surface area contributed by atoms with Crippen LogP contribution in [0.25, 0.3) is 0 Å². The number of rotatable bonds is 3.